The third-order valence-corrected chi connectivity index (χ3v) is 12.4. The molecule has 0 spiro atoms. The van der Waals surface area contributed by atoms with Gasteiger partial charge < -0.3 is 9.47 Å². The second kappa shape index (κ2) is 13.8. The van der Waals surface area contributed by atoms with Crippen LogP contribution < -0.4 is 4.90 Å². The van der Waals surface area contributed by atoms with Crippen molar-refractivity contribution in [1.82, 2.24) is 4.57 Å². The number of aromatic nitrogens is 1. The predicted octanol–water partition coefficient (Wildman–Crippen LogP) is 15.6. The van der Waals surface area contributed by atoms with Crippen LogP contribution in [0.2, 0.25) is 0 Å². The van der Waals surface area contributed by atoms with Crippen molar-refractivity contribution in [1.29, 1.82) is 0 Å². The zero-order valence-corrected chi connectivity index (χ0v) is 31.9. The maximum atomic E-state index is 2.46. The van der Waals surface area contributed by atoms with Gasteiger partial charge in [0.1, 0.15) is 0 Å². The zero-order chi connectivity index (χ0) is 37.7. The number of benzene rings is 9. The van der Waals surface area contributed by atoms with Crippen LogP contribution in [0.5, 0.6) is 0 Å². The van der Waals surface area contributed by atoms with Crippen LogP contribution in [0.15, 0.2) is 218 Å². The normalized spacial score (nSPS) is 11.5. The number of para-hydroxylation sites is 2. The molecule has 0 bridgehead atoms. The van der Waals surface area contributed by atoms with Gasteiger partial charge in [-0.25, -0.2) is 0 Å². The molecule has 0 fully saturated rings. The first-order valence-electron chi connectivity index (χ1n) is 19.4. The Morgan fingerprint density at radius 1 is 0.368 bits per heavy atom. The van der Waals surface area contributed by atoms with Gasteiger partial charge in [0, 0.05) is 59.1 Å². The van der Waals surface area contributed by atoms with Gasteiger partial charge in [0.25, 0.3) is 0 Å². The molecule has 0 saturated carbocycles. The standard InChI is InChI=1S/C54H36N2S/c1-4-15-37(16-5-1)39-27-31-42(32-28-39)55(43-33-29-40(30-34-43)38-17-6-2-7-18-38)49-35-36-50-52(46-22-10-12-25-48(46)56(50)41-19-8-3-9-20-41)53(49)47-24-14-23-45-44-21-11-13-26-51(44)57-54(45)47/h1-36H. The summed E-state index contributed by atoms with van der Waals surface area (Å²) in [5.41, 5.74) is 14.1. The number of thiophene rings is 1. The molecule has 0 amide bonds. The van der Waals surface area contributed by atoms with Crippen molar-refractivity contribution in [2.75, 3.05) is 4.90 Å². The Morgan fingerprint density at radius 3 is 1.54 bits per heavy atom. The summed E-state index contributed by atoms with van der Waals surface area (Å²) in [7, 11) is 0. The predicted molar refractivity (Wildman–Crippen MR) is 245 cm³/mol. The maximum absolute atomic E-state index is 2.46. The van der Waals surface area contributed by atoms with Gasteiger partial charge >= 0.3 is 0 Å². The highest BCUT2D eigenvalue weighted by Gasteiger charge is 2.25. The van der Waals surface area contributed by atoms with E-state index in [0.29, 0.717) is 0 Å². The summed E-state index contributed by atoms with van der Waals surface area (Å²) in [5, 5.41) is 5.05. The lowest BCUT2D eigenvalue weighted by atomic mass is 9.94. The summed E-state index contributed by atoms with van der Waals surface area (Å²) in [6.45, 7) is 0. The molecule has 0 saturated heterocycles. The lowest BCUT2D eigenvalue weighted by molar-refractivity contribution is 1.18. The molecule has 9 aromatic carbocycles. The van der Waals surface area contributed by atoms with E-state index in [-0.39, 0.29) is 0 Å². The molecule has 0 radical (unpaired) electrons. The van der Waals surface area contributed by atoms with E-state index in [1.165, 1.54) is 75.4 Å². The molecule has 2 heterocycles. The number of nitrogens with zero attached hydrogens (tertiary/aromatic N) is 2. The summed E-state index contributed by atoms with van der Waals surface area (Å²) >= 11 is 1.89. The molecule has 3 heteroatoms. The third-order valence-electron chi connectivity index (χ3n) is 11.2. The average Bonchev–Trinajstić information content (AvgIpc) is 3.84. The lowest BCUT2D eigenvalue weighted by Gasteiger charge is -2.29. The molecule has 0 atom stereocenters. The Bertz CT molecular complexity index is 3120. The summed E-state index contributed by atoms with van der Waals surface area (Å²) in [6.07, 6.45) is 0. The van der Waals surface area contributed by atoms with Gasteiger partial charge in [-0.3, -0.25) is 0 Å². The first kappa shape index (κ1) is 33.2. The molecule has 2 nitrogen and oxygen atoms in total. The van der Waals surface area contributed by atoms with Crippen molar-refractivity contribution in [3.05, 3.63) is 218 Å². The zero-order valence-electron chi connectivity index (χ0n) is 31.1. The Morgan fingerprint density at radius 2 is 0.895 bits per heavy atom. The fourth-order valence-corrected chi connectivity index (χ4v) is 9.82. The van der Waals surface area contributed by atoms with E-state index in [1.54, 1.807) is 0 Å². The largest absolute Gasteiger partial charge is 0.310 e. The SMILES string of the molecule is c1ccc(-c2ccc(N(c3ccc(-c4ccccc4)cc3)c3ccc4c(c3-c3cccc5c3sc3ccccc35)c3ccccc3n4-c3ccccc3)cc2)cc1. The van der Waals surface area contributed by atoms with Crippen LogP contribution in [-0.4, -0.2) is 4.57 Å². The molecule has 0 N–H and O–H groups in total. The highest BCUT2D eigenvalue weighted by atomic mass is 32.1. The quantitative estimate of drug-likeness (QED) is 0.158. The number of anilines is 3. The van der Waals surface area contributed by atoms with Crippen LogP contribution in [0.25, 0.3) is 81.0 Å². The van der Waals surface area contributed by atoms with Gasteiger partial charge in [-0.2, -0.15) is 0 Å². The number of hydrogen-bond donors (Lipinski definition) is 0. The second-order valence-electron chi connectivity index (χ2n) is 14.5. The van der Waals surface area contributed by atoms with Crippen LogP contribution in [0.1, 0.15) is 0 Å². The van der Waals surface area contributed by atoms with E-state index in [1.807, 2.05) is 11.3 Å². The number of rotatable bonds is 7. The van der Waals surface area contributed by atoms with Crippen molar-refractivity contribution < 1.29 is 0 Å². The molecule has 11 rings (SSSR count). The van der Waals surface area contributed by atoms with Crippen LogP contribution in [-0.2, 0) is 0 Å². The Kier molecular flexibility index (Phi) is 8.04. The highest BCUT2D eigenvalue weighted by molar-refractivity contribution is 7.26. The smallest absolute Gasteiger partial charge is 0.0548 e. The minimum atomic E-state index is 1.10. The first-order valence-corrected chi connectivity index (χ1v) is 20.3. The van der Waals surface area contributed by atoms with Gasteiger partial charge in [-0.15, -0.1) is 11.3 Å². The summed E-state index contributed by atoms with van der Waals surface area (Å²) in [4.78, 5) is 2.46. The van der Waals surface area contributed by atoms with E-state index in [0.717, 1.165) is 22.7 Å². The van der Waals surface area contributed by atoms with Crippen molar-refractivity contribution in [3.8, 4) is 39.1 Å². The summed E-state index contributed by atoms with van der Waals surface area (Å²) < 4.78 is 5.02. The average molecular weight is 745 g/mol. The highest BCUT2D eigenvalue weighted by Crippen LogP contribution is 2.51. The molecule has 0 aliphatic rings. The minimum Gasteiger partial charge on any atom is -0.310 e. The van der Waals surface area contributed by atoms with Crippen molar-refractivity contribution in [2.45, 2.75) is 0 Å². The van der Waals surface area contributed by atoms with Crippen molar-refractivity contribution in [2.24, 2.45) is 0 Å². The van der Waals surface area contributed by atoms with Crippen LogP contribution in [0.3, 0.4) is 0 Å². The van der Waals surface area contributed by atoms with E-state index < -0.39 is 0 Å². The van der Waals surface area contributed by atoms with E-state index in [4.69, 9.17) is 0 Å². The number of hydrogen-bond acceptors (Lipinski definition) is 2. The van der Waals surface area contributed by atoms with E-state index in [2.05, 4.69) is 228 Å². The molecular weight excluding hydrogens is 709 g/mol. The summed E-state index contributed by atoms with van der Waals surface area (Å²) in [6, 6.07) is 79.4. The van der Waals surface area contributed by atoms with Crippen molar-refractivity contribution in [3.63, 3.8) is 0 Å². The Labute approximate surface area is 335 Å². The van der Waals surface area contributed by atoms with Crippen LogP contribution in [0.4, 0.5) is 17.1 Å². The van der Waals surface area contributed by atoms with E-state index >= 15 is 0 Å². The first-order chi connectivity index (χ1) is 28.3. The number of fused-ring (bicyclic) bond motifs is 6. The van der Waals surface area contributed by atoms with Crippen LogP contribution >= 0.6 is 11.3 Å². The molecule has 11 aromatic rings. The Balaban J connectivity index is 1.24. The van der Waals surface area contributed by atoms with Gasteiger partial charge in [-0.1, -0.05) is 158 Å². The molecule has 0 aliphatic carbocycles. The molecule has 0 unspecified atom stereocenters. The molecule has 2 aromatic heterocycles. The maximum Gasteiger partial charge on any atom is 0.0548 e. The fraction of sp³-hybridized carbons (Fsp3) is 0. The molecular formula is C54H36N2S. The minimum absolute atomic E-state index is 1.10. The topological polar surface area (TPSA) is 8.17 Å². The lowest BCUT2D eigenvalue weighted by Crippen LogP contribution is -2.11. The molecule has 57 heavy (non-hydrogen) atoms. The summed E-state index contributed by atoms with van der Waals surface area (Å²) in [5.74, 6) is 0. The monoisotopic (exact) mass is 744 g/mol. The van der Waals surface area contributed by atoms with Gasteiger partial charge in [0.2, 0.25) is 0 Å². The van der Waals surface area contributed by atoms with Crippen LogP contribution in [0, 0.1) is 0 Å². The van der Waals surface area contributed by atoms with Gasteiger partial charge in [0.15, 0.2) is 0 Å². The second-order valence-corrected chi connectivity index (χ2v) is 15.5. The molecule has 0 aliphatic heterocycles. The van der Waals surface area contributed by atoms with Gasteiger partial charge in [-0.05, 0) is 82.9 Å². The fourth-order valence-electron chi connectivity index (χ4n) is 8.60. The molecule has 268 valence electrons. The van der Waals surface area contributed by atoms with Gasteiger partial charge in [0.05, 0.1) is 16.7 Å². The van der Waals surface area contributed by atoms with E-state index in [9.17, 15) is 0 Å². The van der Waals surface area contributed by atoms with Crippen molar-refractivity contribution >= 4 is 70.4 Å². The Hall–Kier alpha value is -7.20. The third kappa shape index (κ3) is 5.63.